The van der Waals surface area contributed by atoms with E-state index in [1.165, 1.54) is 18.2 Å². The van der Waals surface area contributed by atoms with Crippen molar-refractivity contribution in [2.75, 3.05) is 36.8 Å². The Kier molecular flexibility index (Phi) is 6.32. The van der Waals surface area contributed by atoms with E-state index in [1.54, 1.807) is 17.8 Å². The third kappa shape index (κ3) is 3.99. The molecule has 10 heteroatoms. The molecule has 0 aromatic heterocycles. The SMILES string of the molecule is C=CC(O)N1CCN(C2=NC(O)N3CCSc4c(-c5cc(F)cc(F)c5)c(Cl)cc2c43)[C@@H](C)C1. The van der Waals surface area contributed by atoms with E-state index < -0.39 is 24.2 Å². The van der Waals surface area contributed by atoms with Gasteiger partial charge in [0, 0.05) is 60.1 Å². The molecule has 0 spiro atoms. The Balaban J connectivity index is 1.61. The van der Waals surface area contributed by atoms with Crippen LogP contribution in [0.3, 0.4) is 0 Å². The van der Waals surface area contributed by atoms with Gasteiger partial charge in [-0.1, -0.05) is 18.2 Å². The van der Waals surface area contributed by atoms with Crippen LogP contribution in [0.5, 0.6) is 0 Å². The monoisotopic (exact) mass is 506 g/mol. The number of benzene rings is 2. The molecule has 0 radical (unpaired) electrons. The quantitative estimate of drug-likeness (QED) is 0.618. The number of hydrogen-bond donors (Lipinski definition) is 2. The number of piperazine rings is 1. The number of nitrogens with zero attached hydrogens (tertiary/aromatic N) is 4. The molecule has 6 nitrogen and oxygen atoms in total. The standard InChI is InChI=1S/C24H25ClF2N4O2S/c1-3-19(32)29-4-5-30(13(2)12-29)23-17-11-18(25)20(14-8-15(26)10-16(27)9-14)22-21(17)31(6-7-34-22)24(33)28-23/h3,8-11,13,19,24,32-33H,1,4-7,12H2,2H3/t13-,19?,24?/m0/s1. The van der Waals surface area contributed by atoms with Crippen molar-refractivity contribution in [1.82, 2.24) is 9.80 Å². The number of rotatable bonds is 3. The summed E-state index contributed by atoms with van der Waals surface area (Å²) in [5.74, 6) is -0.0520. The van der Waals surface area contributed by atoms with Crippen LogP contribution in [0.4, 0.5) is 14.5 Å². The van der Waals surface area contributed by atoms with Gasteiger partial charge in [0.15, 0.2) is 0 Å². The van der Waals surface area contributed by atoms with Gasteiger partial charge in [-0.05, 0) is 36.8 Å². The van der Waals surface area contributed by atoms with Gasteiger partial charge in [-0.25, -0.2) is 13.8 Å². The number of halogens is 3. The molecule has 2 unspecified atom stereocenters. The van der Waals surface area contributed by atoms with Crippen molar-refractivity contribution < 1.29 is 19.0 Å². The maximum atomic E-state index is 14.0. The number of hydrogen-bond acceptors (Lipinski definition) is 7. The summed E-state index contributed by atoms with van der Waals surface area (Å²) in [7, 11) is 0. The zero-order valence-electron chi connectivity index (χ0n) is 18.6. The van der Waals surface area contributed by atoms with Gasteiger partial charge >= 0.3 is 0 Å². The number of aliphatic hydroxyl groups is 2. The first-order valence-corrected chi connectivity index (χ1v) is 12.4. The van der Waals surface area contributed by atoms with Crippen LogP contribution in [-0.4, -0.2) is 76.4 Å². The Morgan fingerprint density at radius 2 is 1.91 bits per heavy atom. The topological polar surface area (TPSA) is 62.5 Å². The van der Waals surface area contributed by atoms with Gasteiger partial charge in [0.25, 0.3) is 0 Å². The lowest BCUT2D eigenvalue weighted by Crippen LogP contribution is -2.57. The zero-order valence-corrected chi connectivity index (χ0v) is 20.2. The Morgan fingerprint density at radius 1 is 1.18 bits per heavy atom. The van der Waals surface area contributed by atoms with E-state index in [1.807, 2.05) is 16.7 Å². The van der Waals surface area contributed by atoms with E-state index in [4.69, 9.17) is 11.6 Å². The summed E-state index contributed by atoms with van der Waals surface area (Å²) >= 11 is 8.31. The molecule has 1 fully saturated rings. The molecule has 0 saturated carbocycles. The zero-order chi connectivity index (χ0) is 24.1. The largest absolute Gasteiger partial charge is 0.375 e. The number of amidine groups is 1. The minimum absolute atomic E-state index is 0.00325. The highest BCUT2D eigenvalue weighted by molar-refractivity contribution is 7.99. The minimum Gasteiger partial charge on any atom is -0.375 e. The van der Waals surface area contributed by atoms with Crippen LogP contribution >= 0.6 is 23.4 Å². The second kappa shape index (κ2) is 9.13. The summed E-state index contributed by atoms with van der Waals surface area (Å²) in [6.45, 7) is 8.07. The van der Waals surface area contributed by atoms with Gasteiger partial charge in [0.1, 0.15) is 23.7 Å². The lowest BCUT2D eigenvalue weighted by Gasteiger charge is -2.46. The Morgan fingerprint density at radius 3 is 2.59 bits per heavy atom. The molecule has 3 aliphatic heterocycles. The van der Waals surface area contributed by atoms with Gasteiger partial charge in [0.2, 0.25) is 6.35 Å². The number of aliphatic imine (C=N–C) groups is 1. The number of anilines is 1. The average Bonchev–Trinajstić information content (AvgIpc) is 2.80. The smallest absolute Gasteiger partial charge is 0.227 e. The summed E-state index contributed by atoms with van der Waals surface area (Å²) in [5, 5.41) is 21.5. The highest BCUT2D eigenvalue weighted by Gasteiger charge is 2.38. The predicted molar refractivity (Wildman–Crippen MR) is 131 cm³/mol. The Bertz CT molecular complexity index is 1160. The first kappa shape index (κ1) is 23.6. The molecule has 1 saturated heterocycles. The maximum absolute atomic E-state index is 14.0. The third-order valence-corrected chi connectivity index (χ3v) is 7.87. The molecule has 3 atom stereocenters. The van der Waals surface area contributed by atoms with Crippen LogP contribution in [0.1, 0.15) is 12.5 Å². The summed E-state index contributed by atoms with van der Waals surface area (Å²) in [5.41, 5.74) is 2.46. The molecule has 3 heterocycles. The Hall–Kier alpha value is -2.17. The van der Waals surface area contributed by atoms with E-state index in [9.17, 15) is 19.0 Å². The average molecular weight is 507 g/mol. The highest BCUT2D eigenvalue weighted by Crippen LogP contribution is 2.50. The fourth-order valence-electron chi connectivity index (χ4n) is 4.94. The molecule has 180 valence electrons. The molecular formula is C24H25ClF2N4O2S. The van der Waals surface area contributed by atoms with E-state index >= 15 is 0 Å². The van der Waals surface area contributed by atoms with Crippen LogP contribution in [0.25, 0.3) is 11.1 Å². The van der Waals surface area contributed by atoms with E-state index in [0.717, 1.165) is 22.2 Å². The van der Waals surface area contributed by atoms with Crippen LogP contribution < -0.4 is 4.90 Å². The highest BCUT2D eigenvalue weighted by atomic mass is 35.5. The molecular weight excluding hydrogens is 482 g/mol. The molecule has 3 aliphatic rings. The van der Waals surface area contributed by atoms with Crippen LogP contribution in [0.15, 0.2) is 46.8 Å². The van der Waals surface area contributed by atoms with Crippen molar-refractivity contribution in [3.63, 3.8) is 0 Å². The van der Waals surface area contributed by atoms with Crippen molar-refractivity contribution in [1.29, 1.82) is 0 Å². The molecule has 5 rings (SSSR count). The second-order valence-electron chi connectivity index (χ2n) is 8.64. The van der Waals surface area contributed by atoms with E-state index in [-0.39, 0.29) is 6.04 Å². The van der Waals surface area contributed by atoms with Crippen molar-refractivity contribution in [3.05, 3.63) is 59.1 Å². The normalized spacial score (nSPS) is 23.4. The minimum atomic E-state index is -1.08. The first-order chi connectivity index (χ1) is 16.3. The van der Waals surface area contributed by atoms with Gasteiger partial charge in [-0.2, -0.15) is 0 Å². The first-order valence-electron chi connectivity index (χ1n) is 11.1. The summed E-state index contributed by atoms with van der Waals surface area (Å²) in [4.78, 5) is 11.2. The van der Waals surface area contributed by atoms with Crippen LogP contribution in [0.2, 0.25) is 5.02 Å². The van der Waals surface area contributed by atoms with Gasteiger partial charge in [-0.15, -0.1) is 11.8 Å². The van der Waals surface area contributed by atoms with Crippen molar-refractivity contribution in [2.24, 2.45) is 4.99 Å². The summed E-state index contributed by atoms with van der Waals surface area (Å²) < 4.78 is 28.1. The number of aliphatic hydroxyl groups excluding tert-OH is 2. The molecule has 2 aromatic carbocycles. The van der Waals surface area contributed by atoms with E-state index in [0.29, 0.717) is 53.9 Å². The summed E-state index contributed by atoms with van der Waals surface area (Å²) in [6.07, 6.45) is -0.295. The van der Waals surface area contributed by atoms with Crippen LogP contribution in [0, 0.1) is 11.6 Å². The fourth-order valence-corrected chi connectivity index (χ4v) is 6.53. The third-order valence-electron chi connectivity index (χ3n) is 6.50. The summed E-state index contributed by atoms with van der Waals surface area (Å²) in [6, 6.07) is 5.16. The molecule has 0 amide bonds. The van der Waals surface area contributed by atoms with E-state index in [2.05, 4.69) is 16.5 Å². The van der Waals surface area contributed by atoms with Gasteiger partial charge in [-0.3, -0.25) is 4.90 Å². The lowest BCUT2D eigenvalue weighted by atomic mass is 9.98. The molecule has 2 N–H and O–H groups in total. The van der Waals surface area contributed by atoms with Crippen molar-refractivity contribution >= 4 is 34.9 Å². The van der Waals surface area contributed by atoms with Crippen molar-refractivity contribution in [2.45, 2.75) is 30.4 Å². The lowest BCUT2D eigenvalue weighted by molar-refractivity contribution is 0.00219. The molecule has 0 aliphatic carbocycles. The molecule has 2 aromatic rings. The van der Waals surface area contributed by atoms with Crippen molar-refractivity contribution in [3.8, 4) is 11.1 Å². The maximum Gasteiger partial charge on any atom is 0.227 e. The Labute approximate surface area is 206 Å². The molecule has 34 heavy (non-hydrogen) atoms. The second-order valence-corrected chi connectivity index (χ2v) is 10.2. The molecule has 0 bridgehead atoms. The van der Waals surface area contributed by atoms with Crippen LogP contribution in [-0.2, 0) is 0 Å². The number of thioether (sulfide) groups is 1. The fraction of sp³-hybridized carbons (Fsp3) is 0.375. The van der Waals surface area contributed by atoms with Gasteiger partial charge < -0.3 is 20.0 Å². The van der Waals surface area contributed by atoms with Gasteiger partial charge in [0.05, 0.1) is 10.7 Å². The predicted octanol–water partition coefficient (Wildman–Crippen LogP) is 3.74.